The minimum absolute atomic E-state index is 0.0186. The summed E-state index contributed by atoms with van der Waals surface area (Å²) >= 11 is 0. The Morgan fingerprint density at radius 2 is 2.16 bits per heavy atom. The zero-order chi connectivity index (χ0) is 17.0. The van der Waals surface area contributed by atoms with Crippen molar-refractivity contribution < 1.29 is 23.4 Å². The van der Waals surface area contributed by atoms with Crippen LogP contribution in [-0.2, 0) is 19.0 Å². The summed E-state index contributed by atoms with van der Waals surface area (Å²) in [5.41, 5.74) is 2.58. The summed E-state index contributed by atoms with van der Waals surface area (Å²) in [5.74, 6) is 0.0404. The molecule has 0 amide bonds. The number of cyclic esters (lactones) is 1. The number of carbonyl (C=O) groups excluding carboxylic acids is 1. The average Bonchev–Trinajstić information content (AvgIpc) is 3.34. The second-order valence-electron chi connectivity index (χ2n) is 7.31. The molecule has 0 saturated carbocycles. The minimum atomic E-state index is -0.280. The van der Waals surface area contributed by atoms with Gasteiger partial charge in [-0.25, -0.2) is 4.79 Å². The first-order valence-electron chi connectivity index (χ1n) is 8.75. The number of esters is 1. The molecule has 5 atom stereocenters. The molecule has 1 aromatic heterocycles. The van der Waals surface area contributed by atoms with E-state index in [4.69, 9.17) is 18.6 Å². The van der Waals surface area contributed by atoms with Gasteiger partial charge in [-0.15, -0.1) is 0 Å². The predicted octanol–water partition coefficient (Wildman–Crippen LogP) is 3.46. The van der Waals surface area contributed by atoms with Gasteiger partial charge in [-0.3, -0.25) is 0 Å². The molecule has 4 heterocycles. The van der Waals surface area contributed by atoms with Crippen molar-refractivity contribution in [1.82, 2.24) is 0 Å². The molecule has 1 aromatic rings. The lowest BCUT2D eigenvalue weighted by molar-refractivity contribution is -0.147. The topological polar surface area (TPSA) is 57.9 Å². The Labute approximate surface area is 145 Å². The summed E-state index contributed by atoms with van der Waals surface area (Å²) in [7, 11) is 0. The van der Waals surface area contributed by atoms with Gasteiger partial charge in [0.1, 0.15) is 6.61 Å². The Balaban J connectivity index is 1.50. The van der Waals surface area contributed by atoms with E-state index in [-0.39, 0.29) is 35.8 Å². The number of ether oxygens (including phenoxy) is 3. The van der Waals surface area contributed by atoms with Gasteiger partial charge in [0, 0.05) is 11.0 Å². The molecule has 130 valence electrons. The number of fused-ring (bicyclic) bond motifs is 1. The lowest BCUT2D eigenvalue weighted by atomic mass is 9.71. The number of hydrogen-bond acceptors (Lipinski definition) is 5. The van der Waals surface area contributed by atoms with E-state index >= 15 is 0 Å². The van der Waals surface area contributed by atoms with Gasteiger partial charge in [0.15, 0.2) is 6.29 Å². The molecular weight excluding hydrogens is 320 g/mol. The van der Waals surface area contributed by atoms with Crippen molar-refractivity contribution in [2.24, 2.45) is 11.3 Å². The van der Waals surface area contributed by atoms with Crippen molar-refractivity contribution in [3.8, 4) is 0 Å². The normalized spacial score (nSPS) is 42.0. The van der Waals surface area contributed by atoms with Crippen LogP contribution in [0.2, 0.25) is 0 Å². The van der Waals surface area contributed by atoms with E-state index in [2.05, 4.69) is 13.0 Å². The quantitative estimate of drug-likeness (QED) is 0.733. The maximum absolute atomic E-state index is 11.9. The van der Waals surface area contributed by atoms with Crippen LogP contribution in [0.5, 0.6) is 0 Å². The third kappa shape index (κ3) is 2.19. The van der Waals surface area contributed by atoms with Crippen LogP contribution in [0.1, 0.15) is 31.4 Å². The lowest BCUT2D eigenvalue weighted by Gasteiger charge is -2.28. The second-order valence-corrected chi connectivity index (χ2v) is 7.31. The Hall–Kier alpha value is -2.11. The molecule has 5 rings (SSSR count). The van der Waals surface area contributed by atoms with Gasteiger partial charge in [-0.1, -0.05) is 25.2 Å². The first-order valence-corrected chi connectivity index (χ1v) is 8.75. The highest BCUT2D eigenvalue weighted by Crippen LogP contribution is 2.58. The van der Waals surface area contributed by atoms with Gasteiger partial charge in [0.05, 0.1) is 30.3 Å². The molecule has 3 aliphatic heterocycles. The van der Waals surface area contributed by atoms with Crippen LogP contribution >= 0.6 is 0 Å². The van der Waals surface area contributed by atoms with E-state index in [0.29, 0.717) is 18.6 Å². The Morgan fingerprint density at radius 3 is 3.00 bits per heavy atom. The highest BCUT2D eigenvalue weighted by molar-refractivity contribution is 5.94. The van der Waals surface area contributed by atoms with Crippen molar-refractivity contribution in [2.45, 2.75) is 38.3 Å². The van der Waals surface area contributed by atoms with Crippen molar-refractivity contribution in [3.63, 3.8) is 0 Å². The summed E-state index contributed by atoms with van der Waals surface area (Å²) in [4.78, 5) is 11.9. The van der Waals surface area contributed by atoms with E-state index in [1.165, 1.54) is 0 Å². The molecule has 2 saturated heterocycles. The van der Waals surface area contributed by atoms with E-state index in [1.807, 2.05) is 24.3 Å². The minimum Gasteiger partial charge on any atom is -0.472 e. The highest BCUT2D eigenvalue weighted by Gasteiger charge is 2.59. The van der Waals surface area contributed by atoms with Crippen LogP contribution in [0.15, 0.2) is 58.5 Å². The zero-order valence-corrected chi connectivity index (χ0v) is 14.0. The second kappa shape index (κ2) is 5.44. The third-order valence-electron chi connectivity index (χ3n) is 6.09. The van der Waals surface area contributed by atoms with Crippen molar-refractivity contribution >= 4 is 5.97 Å². The molecule has 2 bridgehead atoms. The van der Waals surface area contributed by atoms with Gasteiger partial charge < -0.3 is 18.6 Å². The Morgan fingerprint density at radius 1 is 1.24 bits per heavy atom. The van der Waals surface area contributed by atoms with Gasteiger partial charge in [0.2, 0.25) is 0 Å². The number of rotatable bonds is 1. The summed E-state index contributed by atoms with van der Waals surface area (Å²) in [6.45, 7) is 2.59. The average molecular weight is 340 g/mol. The Bertz CT molecular complexity index is 787. The van der Waals surface area contributed by atoms with Crippen LogP contribution in [0.25, 0.3) is 0 Å². The van der Waals surface area contributed by atoms with Crippen molar-refractivity contribution in [2.75, 3.05) is 6.61 Å². The van der Waals surface area contributed by atoms with Crippen LogP contribution in [0.4, 0.5) is 0 Å². The molecule has 1 aliphatic carbocycles. The van der Waals surface area contributed by atoms with E-state index in [0.717, 1.165) is 17.6 Å². The SMILES string of the molecule is C[C@@H]1[C@H]2CC3=C(/C=C/C=C\[C@@]14CC(c1ccoc1)OC4O2)C(=O)OC3. The number of furan rings is 1. The third-order valence-corrected chi connectivity index (χ3v) is 6.09. The van der Waals surface area contributed by atoms with E-state index in [9.17, 15) is 4.79 Å². The molecule has 4 aliphatic rings. The molecule has 5 nitrogen and oxygen atoms in total. The number of allylic oxidation sites excluding steroid dienone is 2. The standard InChI is InChI=1S/C20H20O5/c1-12-16-8-14-11-23-18(21)15(14)4-2-3-6-20(12)9-17(25-19(20)24-16)13-5-7-22-10-13/h2-7,10,12,16-17,19H,8-9,11H2,1H3/b4-2+,6-3-/t12-,16-,17?,19?,20-/m1/s1. The smallest absolute Gasteiger partial charge is 0.338 e. The summed E-state index contributed by atoms with van der Waals surface area (Å²) in [6, 6.07) is 1.95. The first kappa shape index (κ1) is 15.2. The molecule has 25 heavy (non-hydrogen) atoms. The van der Waals surface area contributed by atoms with Gasteiger partial charge in [-0.2, -0.15) is 0 Å². The van der Waals surface area contributed by atoms with Crippen LogP contribution < -0.4 is 0 Å². The fourth-order valence-electron chi connectivity index (χ4n) is 4.54. The number of hydrogen-bond donors (Lipinski definition) is 0. The fraction of sp³-hybridized carbons (Fsp3) is 0.450. The molecule has 0 aromatic carbocycles. The predicted molar refractivity (Wildman–Crippen MR) is 88.3 cm³/mol. The van der Waals surface area contributed by atoms with Crippen molar-refractivity contribution in [3.05, 3.63) is 59.6 Å². The largest absolute Gasteiger partial charge is 0.472 e. The molecule has 0 radical (unpaired) electrons. The molecule has 2 unspecified atom stereocenters. The molecule has 2 fully saturated rings. The maximum atomic E-state index is 11.9. The molecule has 5 heteroatoms. The Kier molecular flexibility index (Phi) is 3.30. The van der Waals surface area contributed by atoms with Gasteiger partial charge in [-0.05, 0) is 36.5 Å². The summed E-state index contributed by atoms with van der Waals surface area (Å²) < 4.78 is 23.0. The monoisotopic (exact) mass is 340 g/mol. The van der Waals surface area contributed by atoms with E-state index in [1.54, 1.807) is 12.5 Å². The van der Waals surface area contributed by atoms with Crippen molar-refractivity contribution in [1.29, 1.82) is 0 Å². The molecular formula is C20H20O5. The summed E-state index contributed by atoms with van der Waals surface area (Å²) in [6.07, 6.45) is 12.7. The first-order chi connectivity index (χ1) is 12.2. The maximum Gasteiger partial charge on any atom is 0.338 e. The fourth-order valence-corrected chi connectivity index (χ4v) is 4.54. The highest BCUT2D eigenvalue weighted by atomic mass is 16.7. The van der Waals surface area contributed by atoms with Crippen LogP contribution in [0.3, 0.4) is 0 Å². The lowest BCUT2D eigenvalue weighted by Crippen LogP contribution is -2.30. The van der Waals surface area contributed by atoms with Gasteiger partial charge in [0.25, 0.3) is 0 Å². The molecule has 1 spiro atoms. The molecule has 0 N–H and O–H groups in total. The summed E-state index contributed by atoms with van der Waals surface area (Å²) in [5, 5.41) is 0. The van der Waals surface area contributed by atoms with E-state index < -0.39 is 0 Å². The number of carbonyl (C=O) groups is 1. The zero-order valence-electron chi connectivity index (χ0n) is 14.0. The van der Waals surface area contributed by atoms with Crippen LogP contribution in [0, 0.1) is 11.3 Å². The van der Waals surface area contributed by atoms with Gasteiger partial charge >= 0.3 is 5.97 Å². The van der Waals surface area contributed by atoms with Crippen LogP contribution in [-0.4, -0.2) is 25.0 Å².